The monoisotopic (exact) mass is 788 g/mol. The smallest absolute Gasteiger partial charge is 0.129 e. The minimum atomic E-state index is -0.421. The fourth-order valence-corrected chi connectivity index (χ4v) is 9.92. The van der Waals surface area contributed by atoms with E-state index in [0.29, 0.717) is 24.1 Å². The quantitative estimate of drug-likeness (QED) is 0.149. The van der Waals surface area contributed by atoms with Crippen LogP contribution in [0.4, 0.5) is 11.4 Å². The number of benzene rings is 5. The maximum absolute atomic E-state index is 10.7. The topological polar surface area (TPSA) is 78.8 Å². The predicted molar refractivity (Wildman–Crippen MR) is 249 cm³/mol. The van der Waals surface area contributed by atoms with Crippen molar-refractivity contribution in [3.05, 3.63) is 202 Å². The lowest BCUT2D eigenvalue weighted by atomic mass is 9.57. The van der Waals surface area contributed by atoms with Crippen LogP contribution in [0, 0.1) is 34.5 Å². The van der Waals surface area contributed by atoms with Crippen LogP contribution in [-0.2, 0) is 12.0 Å². The summed E-state index contributed by atoms with van der Waals surface area (Å²) < 4.78 is 0. The van der Waals surface area contributed by atoms with Crippen LogP contribution in [0.2, 0.25) is 0 Å². The molecule has 2 aliphatic heterocycles. The summed E-state index contributed by atoms with van der Waals surface area (Å²) in [5.74, 6) is 0.246. The normalized spacial score (nSPS) is 22.4. The van der Waals surface area contributed by atoms with Gasteiger partial charge < -0.3 is 9.80 Å². The molecule has 0 saturated carbocycles. The molecule has 5 aromatic rings. The van der Waals surface area contributed by atoms with Crippen molar-refractivity contribution in [3.63, 3.8) is 0 Å². The average Bonchev–Trinajstić information content (AvgIpc) is 3.31. The molecule has 5 aliphatic rings. The van der Waals surface area contributed by atoms with Gasteiger partial charge in [0.05, 0.1) is 28.6 Å². The highest BCUT2D eigenvalue weighted by atomic mass is 15.3. The molecule has 61 heavy (non-hydrogen) atoms. The van der Waals surface area contributed by atoms with Gasteiger partial charge >= 0.3 is 0 Å². The van der Waals surface area contributed by atoms with Crippen LogP contribution >= 0.6 is 0 Å². The Balaban J connectivity index is 1.11. The van der Waals surface area contributed by atoms with Gasteiger partial charge in [0.15, 0.2) is 0 Å². The van der Waals surface area contributed by atoms with Crippen LogP contribution in [0.15, 0.2) is 179 Å². The molecule has 294 valence electrons. The van der Waals surface area contributed by atoms with Crippen LogP contribution in [0.1, 0.15) is 53.6 Å². The van der Waals surface area contributed by atoms with Crippen molar-refractivity contribution in [1.29, 1.82) is 10.5 Å². The van der Waals surface area contributed by atoms with Crippen LogP contribution in [-0.4, -0.2) is 29.7 Å². The van der Waals surface area contributed by atoms with Gasteiger partial charge in [0.2, 0.25) is 0 Å². The predicted octanol–water partition coefficient (Wildman–Crippen LogP) is 12.1. The van der Waals surface area contributed by atoms with Crippen molar-refractivity contribution in [2.24, 2.45) is 21.8 Å². The maximum Gasteiger partial charge on any atom is 0.129 e. The second-order valence-corrected chi connectivity index (χ2v) is 16.5. The largest absolute Gasteiger partial charge is 0.345 e. The van der Waals surface area contributed by atoms with E-state index in [1.807, 2.05) is 73.1 Å². The van der Waals surface area contributed by atoms with E-state index < -0.39 is 5.41 Å². The number of nitrogens with zero attached hydrogens (tertiary/aromatic N) is 6. The van der Waals surface area contributed by atoms with Crippen LogP contribution in [0.25, 0.3) is 34.4 Å². The molecule has 0 N–H and O–H groups in total. The SMILES string of the molecule is CC1C=CC=NC1N(Cc1ccc(-c2ccccc2)cc1C#N)C1=C2C=Cc3ccc(N(c4ccc(-c5ccccc5)cc4C#N)C4CC=CC=N4)c4c3C2(C)C(C=C1)C=C4. The lowest BCUT2D eigenvalue weighted by molar-refractivity contribution is 0.211. The van der Waals surface area contributed by atoms with Crippen LogP contribution < -0.4 is 4.90 Å². The van der Waals surface area contributed by atoms with Crippen molar-refractivity contribution in [2.75, 3.05) is 4.90 Å². The molecule has 0 amide bonds. The van der Waals surface area contributed by atoms with Crippen molar-refractivity contribution in [3.8, 4) is 34.4 Å². The zero-order valence-corrected chi connectivity index (χ0v) is 34.2. The summed E-state index contributed by atoms with van der Waals surface area (Å²) in [6.07, 6.45) is 26.3. The molecule has 5 unspecified atom stereocenters. The Morgan fingerprint density at radius 1 is 0.689 bits per heavy atom. The van der Waals surface area contributed by atoms with Gasteiger partial charge in [-0.2, -0.15) is 10.5 Å². The van der Waals surface area contributed by atoms with Crippen molar-refractivity contribution in [1.82, 2.24) is 4.90 Å². The Morgan fingerprint density at radius 2 is 1.38 bits per heavy atom. The van der Waals surface area contributed by atoms with Crippen molar-refractivity contribution in [2.45, 2.75) is 44.6 Å². The third kappa shape index (κ3) is 6.49. The molecule has 5 aromatic carbocycles. The molecule has 0 radical (unpaired) electrons. The maximum atomic E-state index is 10.7. The summed E-state index contributed by atoms with van der Waals surface area (Å²) in [6, 6.07) is 42.4. The number of rotatable bonds is 9. The number of hydrogen-bond acceptors (Lipinski definition) is 6. The summed E-state index contributed by atoms with van der Waals surface area (Å²) in [6.45, 7) is 5.12. The average molecular weight is 789 g/mol. The number of allylic oxidation sites excluding steroid dienone is 7. The molecule has 0 spiro atoms. The highest BCUT2D eigenvalue weighted by Gasteiger charge is 2.47. The van der Waals surface area contributed by atoms with E-state index in [4.69, 9.17) is 9.98 Å². The summed E-state index contributed by atoms with van der Waals surface area (Å²) in [4.78, 5) is 14.8. The summed E-state index contributed by atoms with van der Waals surface area (Å²) in [5.41, 5.74) is 13.7. The third-order valence-corrected chi connectivity index (χ3v) is 13.0. The zero-order chi connectivity index (χ0) is 41.5. The second kappa shape index (κ2) is 15.6. The molecule has 2 heterocycles. The molecule has 5 atom stereocenters. The zero-order valence-electron chi connectivity index (χ0n) is 34.2. The molecular weight excluding hydrogens is 745 g/mol. The van der Waals surface area contributed by atoms with Gasteiger partial charge in [-0.15, -0.1) is 0 Å². The number of dihydropyridines is 2. The van der Waals surface area contributed by atoms with Gasteiger partial charge in [0.1, 0.15) is 18.4 Å². The number of anilines is 2. The van der Waals surface area contributed by atoms with Crippen LogP contribution in [0.3, 0.4) is 0 Å². The molecular formula is C55H44N6. The highest BCUT2D eigenvalue weighted by Crippen LogP contribution is 2.56. The Kier molecular flexibility index (Phi) is 9.63. The number of nitriles is 2. The van der Waals surface area contributed by atoms with Gasteiger partial charge in [-0.3, -0.25) is 9.98 Å². The molecule has 0 bridgehead atoms. The summed E-state index contributed by atoms with van der Waals surface area (Å²) in [7, 11) is 0. The molecule has 6 nitrogen and oxygen atoms in total. The summed E-state index contributed by atoms with van der Waals surface area (Å²) >= 11 is 0. The van der Waals surface area contributed by atoms with Gasteiger partial charge in [0, 0.05) is 53.9 Å². The van der Waals surface area contributed by atoms with Crippen LogP contribution in [0.5, 0.6) is 0 Å². The van der Waals surface area contributed by atoms with E-state index in [0.717, 1.165) is 50.5 Å². The van der Waals surface area contributed by atoms with E-state index in [1.165, 1.54) is 16.7 Å². The van der Waals surface area contributed by atoms with Crippen molar-refractivity contribution >= 4 is 36.0 Å². The van der Waals surface area contributed by atoms with E-state index in [2.05, 4.69) is 145 Å². The first-order chi connectivity index (χ1) is 30.0. The third-order valence-electron chi connectivity index (χ3n) is 13.0. The fraction of sp³-hybridized carbons (Fsp3) is 0.164. The Labute approximate surface area is 358 Å². The fourth-order valence-electron chi connectivity index (χ4n) is 9.92. The van der Waals surface area contributed by atoms with E-state index in [1.54, 1.807) is 0 Å². The first-order valence-electron chi connectivity index (χ1n) is 21.0. The molecule has 6 heteroatoms. The first kappa shape index (κ1) is 37.7. The van der Waals surface area contributed by atoms with E-state index in [9.17, 15) is 10.5 Å². The molecule has 0 aromatic heterocycles. The minimum Gasteiger partial charge on any atom is -0.345 e. The molecule has 3 aliphatic carbocycles. The van der Waals surface area contributed by atoms with E-state index in [-0.39, 0.29) is 24.2 Å². The van der Waals surface area contributed by atoms with Gasteiger partial charge in [0.25, 0.3) is 0 Å². The Bertz CT molecular complexity index is 2900. The van der Waals surface area contributed by atoms with Gasteiger partial charge in [-0.05, 0) is 87.0 Å². The van der Waals surface area contributed by atoms with E-state index >= 15 is 0 Å². The molecule has 10 rings (SSSR count). The highest BCUT2D eigenvalue weighted by molar-refractivity contribution is 5.88. The molecule has 0 fully saturated rings. The van der Waals surface area contributed by atoms with Gasteiger partial charge in [-0.25, -0.2) is 0 Å². The Hall–Kier alpha value is -7.54. The van der Waals surface area contributed by atoms with Gasteiger partial charge in [-0.1, -0.05) is 141 Å². The standard InChI is InChI=1S/C55H44N6/c1-37-12-11-31-59-54(37)60(36-43-19-18-41(32-44(43)34-56)38-13-5-3-6-14-38)51-29-24-46-23-25-47-50(28-21-40-20-26-48(51)55(46,2)53(40)47)61(52-17-9-10-30-58-52)49-27-22-42(33-45(49)35-57)39-15-7-4-8-16-39/h3-16,18-33,37,46,52,54H,17,36H2,1-2H3. The Morgan fingerprint density at radius 3 is 2.08 bits per heavy atom. The number of aliphatic imine (C=N–C) groups is 2. The lowest BCUT2D eigenvalue weighted by Crippen LogP contribution is -2.44. The first-order valence-corrected chi connectivity index (χ1v) is 21.0. The minimum absolute atomic E-state index is 0.107. The van der Waals surface area contributed by atoms with Crippen molar-refractivity contribution < 1.29 is 0 Å². The number of hydrogen-bond donors (Lipinski definition) is 0. The lowest BCUT2D eigenvalue weighted by Gasteiger charge is -2.49. The second-order valence-electron chi connectivity index (χ2n) is 16.5. The molecule has 0 saturated heterocycles. The summed E-state index contributed by atoms with van der Waals surface area (Å²) in [5, 5.41) is 21.3.